The Morgan fingerprint density at radius 1 is 1.38 bits per heavy atom. The molecule has 0 saturated carbocycles. The molecular weight excluding hydrogens is 294 g/mol. The first-order chi connectivity index (χ1) is 9.70. The fraction of sp³-hybridized carbons (Fsp3) is 0.250. The molecule has 2 aromatic rings. The van der Waals surface area contributed by atoms with Crippen molar-refractivity contribution in [3.8, 4) is 11.6 Å². The molecule has 9 heteroatoms. The number of aryl methyl sites for hydroxylation is 1. The maximum absolute atomic E-state index is 13.1. The van der Waals surface area contributed by atoms with Crippen molar-refractivity contribution >= 4 is 0 Å². The summed E-state index contributed by atoms with van der Waals surface area (Å²) < 4.78 is 57.6. The van der Waals surface area contributed by atoms with Crippen molar-refractivity contribution in [2.75, 3.05) is 0 Å². The maximum atomic E-state index is 13.1. The van der Waals surface area contributed by atoms with Crippen molar-refractivity contribution in [2.45, 2.75) is 12.4 Å². The second-order valence-electron chi connectivity index (χ2n) is 4.19. The predicted molar refractivity (Wildman–Crippen MR) is 63.8 cm³/mol. The van der Waals surface area contributed by atoms with Gasteiger partial charge in [-0.3, -0.25) is 0 Å². The lowest BCUT2D eigenvalue weighted by Crippen LogP contribution is -2.16. The molecule has 21 heavy (non-hydrogen) atoms. The summed E-state index contributed by atoms with van der Waals surface area (Å²) in [5, 5.41) is 12.6. The quantitative estimate of drug-likeness (QED) is 0.674. The molecule has 5 nitrogen and oxygen atoms in total. The van der Waals surface area contributed by atoms with E-state index in [2.05, 4.69) is 5.10 Å². The van der Waals surface area contributed by atoms with Crippen molar-refractivity contribution in [1.82, 2.24) is 9.78 Å². The third-order valence-corrected chi connectivity index (χ3v) is 2.60. The van der Waals surface area contributed by atoms with Crippen LogP contribution in [-0.2, 0) is 13.2 Å². The molecule has 0 radical (unpaired) electrons. The number of aliphatic hydroxyl groups is 1. The smallest absolute Gasteiger partial charge is 0.435 e. The lowest BCUT2D eigenvalue weighted by Gasteiger charge is -2.11. The monoisotopic (exact) mass is 305 g/mol. The van der Waals surface area contributed by atoms with Crippen LogP contribution in [-0.4, -0.2) is 14.9 Å². The van der Waals surface area contributed by atoms with Gasteiger partial charge in [0.15, 0.2) is 5.69 Å². The van der Waals surface area contributed by atoms with Crippen LogP contribution in [0.15, 0.2) is 24.3 Å². The van der Waals surface area contributed by atoms with E-state index in [4.69, 9.17) is 10.5 Å². The fourth-order valence-electron chi connectivity index (χ4n) is 1.76. The van der Waals surface area contributed by atoms with Crippen LogP contribution in [0.4, 0.5) is 17.6 Å². The van der Waals surface area contributed by atoms with Crippen molar-refractivity contribution in [3.05, 3.63) is 41.3 Å². The lowest BCUT2D eigenvalue weighted by atomic mass is 10.2. The lowest BCUT2D eigenvalue weighted by molar-refractivity contribution is -0.143. The Balaban J connectivity index is 2.51. The maximum Gasteiger partial charge on any atom is 0.435 e. The van der Waals surface area contributed by atoms with Crippen LogP contribution in [0, 0.1) is 5.82 Å². The van der Waals surface area contributed by atoms with Gasteiger partial charge in [-0.15, -0.1) is 0 Å². The molecule has 0 amide bonds. The van der Waals surface area contributed by atoms with Crippen molar-refractivity contribution in [3.63, 3.8) is 0 Å². The van der Waals surface area contributed by atoms with Gasteiger partial charge in [0.1, 0.15) is 17.8 Å². The van der Waals surface area contributed by atoms with E-state index in [-0.39, 0.29) is 5.75 Å². The average molecular weight is 305 g/mol. The highest BCUT2D eigenvalue weighted by Crippen LogP contribution is 2.39. The van der Waals surface area contributed by atoms with Gasteiger partial charge in [-0.1, -0.05) is 6.07 Å². The van der Waals surface area contributed by atoms with E-state index >= 15 is 0 Å². The number of halogens is 4. The normalized spacial score (nSPS) is 13.3. The van der Waals surface area contributed by atoms with Gasteiger partial charge in [0.05, 0.1) is 5.56 Å². The first kappa shape index (κ1) is 15.3. The van der Waals surface area contributed by atoms with Crippen LogP contribution < -0.4 is 10.5 Å². The van der Waals surface area contributed by atoms with E-state index in [0.29, 0.717) is 0 Å². The van der Waals surface area contributed by atoms with Crippen molar-refractivity contribution in [2.24, 2.45) is 12.8 Å². The molecule has 1 aromatic carbocycles. The Bertz CT molecular complexity index is 652. The third kappa shape index (κ3) is 3.14. The van der Waals surface area contributed by atoms with E-state index in [1.54, 1.807) is 0 Å². The standard InChI is InChI=1S/C12H11F4N3O2/c1-19-11(21-7-4-2-3-6(13)5-7)8(10(17)20)9(18-19)12(14,15)16/h2-5,10,20H,17H2,1H3. The molecule has 0 spiro atoms. The molecule has 1 unspecified atom stereocenters. The highest BCUT2D eigenvalue weighted by atomic mass is 19.4. The number of nitrogens with zero attached hydrogens (tertiary/aromatic N) is 2. The Labute approximate surface area is 116 Å². The summed E-state index contributed by atoms with van der Waals surface area (Å²) in [4.78, 5) is 0. The first-order valence-corrected chi connectivity index (χ1v) is 5.71. The number of nitrogens with two attached hydrogens (primary N) is 1. The van der Waals surface area contributed by atoms with Crippen molar-refractivity contribution < 1.29 is 27.4 Å². The second kappa shape index (κ2) is 5.34. The zero-order valence-electron chi connectivity index (χ0n) is 10.7. The number of hydrogen-bond acceptors (Lipinski definition) is 4. The van der Waals surface area contributed by atoms with Crippen LogP contribution in [0.2, 0.25) is 0 Å². The van der Waals surface area contributed by atoms with Gasteiger partial charge in [0, 0.05) is 13.1 Å². The molecule has 2 rings (SSSR count). The minimum atomic E-state index is -4.81. The van der Waals surface area contributed by atoms with E-state index in [9.17, 15) is 22.7 Å². The number of alkyl halides is 3. The van der Waals surface area contributed by atoms with Crippen LogP contribution in [0.1, 0.15) is 17.5 Å². The summed E-state index contributed by atoms with van der Waals surface area (Å²) in [5.41, 5.74) is 3.09. The van der Waals surface area contributed by atoms with E-state index in [0.717, 1.165) is 16.8 Å². The van der Waals surface area contributed by atoms with Gasteiger partial charge in [-0.2, -0.15) is 18.3 Å². The molecule has 0 fully saturated rings. The van der Waals surface area contributed by atoms with Gasteiger partial charge in [-0.25, -0.2) is 9.07 Å². The number of aromatic nitrogens is 2. The highest BCUT2D eigenvalue weighted by Gasteiger charge is 2.41. The SMILES string of the molecule is Cn1nc(C(F)(F)F)c(C(N)O)c1Oc1cccc(F)c1. The minimum absolute atomic E-state index is 0.0476. The van der Waals surface area contributed by atoms with E-state index < -0.39 is 35.4 Å². The minimum Gasteiger partial charge on any atom is -0.439 e. The van der Waals surface area contributed by atoms with Crippen molar-refractivity contribution in [1.29, 1.82) is 0 Å². The van der Waals surface area contributed by atoms with Gasteiger partial charge in [-0.05, 0) is 12.1 Å². The van der Waals surface area contributed by atoms with E-state index in [1.807, 2.05) is 0 Å². The largest absolute Gasteiger partial charge is 0.439 e. The Morgan fingerprint density at radius 3 is 2.57 bits per heavy atom. The molecular formula is C12H11F4N3O2. The summed E-state index contributed by atoms with van der Waals surface area (Å²) >= 11 is 0. The number of ether oxygens (including phenoxy) is 1. The van der Waals surface area contributed by atoms with Gasteiger partial charge in [0.25, 0.3) is 0 Å². The molecule has 1 aromatic heterocycles. The number of aliphatic hydroxyl groups excluding tert-OH is 1. The summed E-state index contributed by atoms with van der Waals surface area (Å²) in [6, 6.07) is 4.79. The first-order valence-electron chi connectivity index (χ1n) is 5.71. The van der Waals surface area contributed by atoms with Crippen LogP contribution in [0.25, 0.3) is 0 Å². The summed E-state index contributed by atoms with van der Waals surface area (Å²) in [6.45, 7) is 0. The van der Waals surface area contributed by atoms with Gasteiger partial charge < -0.3 is 15.6 Å². The summed E-state index contributed by atoms with van der Waals surface area (Å²) in [5.74, 6) is -1.09. The van der Waals surface area contributed by atoms with Crippen LogP contribution >= 0.6 is 0 Å². The molecule has 0 aliphatic heterocycles. The average Bonchev–Trinajstić information content (AvgIpc) is 2.67. The number of benzene rings is 1. The Hall–Kier alpha value is -2.13. The predicted octanol–water partition coefficient (Wildman–Crippen LogP) is 2.32. The van der Waals surface area contributed by atoms with Gasteiger partial charge >= 0.3 is 6.18 Å². The Morgan fingerprint density at radius 2 is 2.05 bits per heavy atom. The molecule has 1 atom stereocenters. The third-order valence-electron chi connectivity index (χ3n) is 2.60. The molecule has 114 valence electrons. The van der Waals surface area contributed by atoms with Crippen LogP contribution in [0.5, 0.6) is 11.6 Å². The van der Waals surface area contributed by atoms with E-state index in [1.165, 1.54) is 19.2 Å². The molecule has 0 saturated heterocycles. The number of hydrogen-bond donors (Lipinski definition) is 2. The van der Waals surface area contributed by atoms with Crippen LogP contribution in [0.3, 0.4) is 0 Å². The zero-order valence-corrected chi connectivity index (χ0v) is 10.7. The topological polar surface area (TPSA) is 73.3 Å². The highest BCUT2D eigenvalue weighted by molar-refractivity contribution is 5.38. The molecule has 3 N–H and O–H groups in total. The Kier molecular flexibility index (Phi) is 3.88. The number of rotatable bonds is 3. The summed E-state index contributed by atoms with van der Waals surface area (Å²) in [7, 11) is 1.19. The molecule has 0 bridgehead atoms. The summed E-state index contributed by atoms with van der Waals surface area (Å²) in [6.07, 6.45) is -6.75. The van der Waals surface area contributed by atoms with Gasteiger partial charge in [0.2, 0.25) is 5.88 Å². The molecule has 0 aliphatic rings. The zero-order chi connectivity index (χ0) is 15.8. The second-order valence-corrected chi connectivity index (χ2v) is 4.19. The molecule has 1 heterocycles. The fourth-order valence-corrected chi connectivity index (χ4v) is 1.76. The molecule has 0 aliphatic carbocycles.